The lowest BCUT2D eigenvalue weighted by Crippen LogP contribution is -2.45. The fourth-order valence-corrected chi connectivity index (χ4v) is 3.91. The molecular formula is C15H22BrFN2. The van der Waals surface area contributed by atoms with Crippen LogP contribution >= 0.6 is 15.9 Å². The van der Waals surface area contributed by atoms with Gasteiger partial charge in [0.05, 0.1) is 0 Å². The van der Waals surface area contributed by atoms with Crippen LogP contribution in [0.25, 0.3) is 0 Å². The maximum absolute atomic E-state index is 13.4. The Bertz CT molecular complexity index is 428. The average molecular weight is 329 g/mol. The van der Waals surface area contributed by atoms with Gasteiger partial charge in [-0.25, -0.2) is 4.39 Å². The molecule has 1 aliphatic carbocycles. The summed E-state index contributed by atoms with van der Waals surface area (Å²) in [5, 5.41) is 0. The minimum atomic E-state index is -0.203. The number of hydrogen-bond donors (Lipinski definition) is 2. The van der Waals surface area contributed by atoms with Crippen molar-refractivity contribution in [2.75, 3.05) is 0 Å². The van der Waals surface area contributed by atoms with E-state index in [1.807, 2.05) is 6.07 Å². The van der Waals surface area contributed by atoms with Gasteiger partial charge in [-0.05, 0) is 54.4 Å². The molecule has 0 radical (unpaired) electrons. The summed E-state index contributed by atoms with van der Waals surface area (Å²) in [7, 11) is 0. The highest BCUT2D eigenvalue weighted by Crippen LogP contribution is 2.44. The molecule has 4 heteroatoms. The molecule has 0 bridgehead atoms. The predicted octanol–water partition coefficient (Wildman–Crippen LogP) is 3.79. The van der Waals surface area contributed by atoms with E-state index in [4.69, 9.17) is 5.84 Å². The molecule has 0 saturated heterocycles. The Morgan fingerprint density at radius 1 is 1.47 bits per heavy atom. The quantitative estimate of drug-likeness (QED) is 0.651. The largest absolute Gasteiger partial charge is 0.271 e. The molecule has 1 saturated carbocycles. The summed E-state index contributed by atoms with van der Waals surface area (Å²) >= 11 is 3.34. The second-order valence-corrected chi connectivity index (χ2v) is 7.16. The van der Waals surface area contributed by atoms with Gasteiger partial charge in [-0.2, -0.15) is 0 Å². The number of halogens is 2. The molecule has 106 valence electrons. The SMILES string of the molecule is CC1(C)CCCC1C(Cc1cc(F)cc(Br)c1)NN. The zero-order valence-electron chi connectivity index (χ0n) is 11.5. The van der Waals surface area contributed by atoms with Gasteiger partial charge in [0.25, 0.3) is 0 Å². The normalized spacial score (nSPS) is 23.5. The van der Waals surface area contributed by atoms with Crippen LogP contribution in [0.4, 0.5) is 4.39 Å². The lowest BCUT2D eigenvalue weighted by Gasteiger charge is -2.34. The molecule has 0 spiro atoms. The highest BCUT2D eigenvalue weighted by Gasteiger charge is 2.39. The van der Waals surface area contributed by atoms with Crippen molar-refractivity contribution >= 4 is 15.9 Å². The fraction of sp³-hybridized carbons (Fsp3) is 0.600. The van der Waals surface area contributed by atoms with Crippen LogP contribution in [-0.4, -0.2) is 6.04 Å². The van der Waals surface area contributed by atoms with E-state index in [1.54, 1.807) is 6.07 Å². The Hall–Kier alpha value is -0.450. The van der Waals surface area contributed by atoms with E-state index < -0.39 is 0 Å². The molecule has 2 unspecified atom stereocenters. The van der Waals surface area contributed by atoms with Gasteiger partial charge >= 0.3 is 0 Å². The Labute approximate surface area is 123 Å². The molecule has 3 N–H and O–H groups in total. The number of nitrogens with one attached hydrogen (secondary N) is 1. The van der Waals surface area contributed by atoms with Crippen LogP contribution in [-0.2, 0) is 6.42 Å². The Morgan fingerprint density at radius 2 is 2.21 bits per heavy atom. The topological polar surface area (TPSA) is 38.0 Å². The summed E-state index contributed by atoms with van der Waals surface area (Å²) in [6.07, 6.45) is 4.45. The molecule has 1 aromatic carbocycles. The third-order valence-electron chi connectivity index (χ3n) is 4.42. The second-order valence-electron chi connectivity index (χ2n) is 6.24. The lowest BCUT2D eigenvalue weighted by molar-refractivity contribution is 0.196. The van der Waals surface area contributed by atoms with E-state index in [0.29, 0.717) is 11.3 Å². The van der Waals surface area contributed by atoms with Crippen molar-refractivity contribution in [3.63, 3.8) is 0 Å². The Morgan fingerprint density at radius 3 is 2.74 bits per heavy atom. The second kappa shape index (κ2) is 5.90. The lowest BCUT2D eigenvalue weighted by atomic mass is 9.76. The summed E-state index contributed by atoms with van der Waals surface area (Å²) in [5.74, 6) is 6.08. The fourth-order valence-electron chi connectivity index (χ4n) is 3.40. The Balaban J connectivity index is 2.15. The van der Waals surface area contributed by atoms with Crippen LogP contribution in [0.5, 0.6) is 0 Å². The number of benzene rings is 1. The van der Waals surface area contributed by atoms with E-state index in [9.17, 15) is 4.39 Å². The van der Waals surface area contributed by atoms with Gasteiger partial charge in [0, 0.05) is 10.5 Å². The van der Waals surface area contributed by atoms with Crippen molar-refractivity contribution in [1.29, 1.82) is 0 Å². The van der Waals surface area contributed by atoms with Crippen LogP contribution in [0, 0.1) is 17.2 Å². The number of hydrazine groups is 1. The maximum atomic E-state index is 13.4. The van der Waals surface area contributed by atoms with Crippen LogP contribution in [0.3, 0.4) is 0 Å². The molecule has 1 aromatic rings. The summed E-state index contributed by atoms with van der Waals surface area (Å²) in [4.78, 5) is 0. The van der Waals surface area contributed by atoms with Crippen molar-refractivity contribution in [3.8, 4) is 0 Å². The van der Waals surface area contributed by atoms with Gasteiger partial charge in [0.1, 0.15) is 5.82 Å². The summed E-state index contributed by atoms with van der Waals surface area (Å²) < 4.78 is 14.2. The van der Waals surface area contributed by atoms with Crippen LogP contribution in [0.2, 0.25) is 0 Å². The van der Waals surface area contributed by atoms with Gasteiger partial charge in [-0.3, -0.25) is 11.3 Å². The summed E-state index contributed by atoms with van der Waals surface area (Å²) in [6.45, 7) is 4.60. The van der Waals surface area contributed by atoms with Gasteiger partial charge in [-0.15, -0.1) is 0 Å². The molecule has 1 aliphatic rings. The molecule has 0 amide bonds. The van der Waals surface area contributed by atoms with Gasteiger partial charge < -0.3 is 0 Å². The summed E-state index contributed by atoms with van der Waals surface area (Å²) in [5.41, 5.74) is 4.24. The number of hydrogen-bond acceptors (Lipinski definition) is 2. The minimum Gasteiger partial charge on any atom is -0.271 e. The third kappa shape index (κ3) is 3.56. The smallest absolute Gasteiger partial charge is 0.124 e. The van der Waals surface area contributed by atoms with Crippen molar-refractivity contribution < 1.29 is 4.39 Å². The monoisotopic (exact) mass is 328 g/mol. The first kappa shape index (κ1) is 14.9. The van der Waals surface area contributed by atoms with Crippen LogP contribution in [0.15, 0.2) is 22.7 Å². The third-order valence-corrected chi connectivity index (χ3v) is 4.88. The molecule has 0 aromatic heterocycles. The molecule has 0 heterocycles. The average Bonchev–Trinajstić information content (AvgIpc) is 2.64. The van der Waals surface area contributed by atoms with Crippen molar-refractivity contribution in [2.24, 2.45) is 17.2 Å². The van der Waals surface area contributed by atoms with E-state index in [2.05, 4.69) is 35.2 Å². The summed E-state index contributed by atoms with van der Waals surface area (Å²) in [6, 6.07) is 5.24. The standard InChI is InChI=1S/C15H22BrFN2/c1-15(2)5-3-4-13(15)14(19-18)8-10-6-11(16)9-12(17)7-10/h6-7,9,13-14,19H,3-5,8,18H2,1-2H3. The van der Waals surface area contributed by atoms with E-state index in [-0.39, 0.29) is 11.9 Å². The highest BCUT2D eigenvalue weighted by atomic mass is 79.9. The van der Waals surface area contributed by atoms with Gasteiger partial charge in [0.15, 0.2) is 0 Å². The van der Waals surface area contributed by atoms with Crippen LogP contribution < -0.4 is 11.3 Å². The molecule has 19 heavy (non-hydrogen) atoms. The van der Waals surface area contributed by atoms with E-state index >= 15 is 0 Å². The molecule has 0 aliphatic heterocycles. The van der Waals surface area contributed by atoms with E-state index in [1.165, 1.54) is 25.3 Å². The molecular weight excluding hydrogens is 307 g/mol. The minimum absolute atomic E-state index is 0.200. The first-order valence-corrected chi connectivity index (χ1v) is 7.63. The number of rotatable bonds is 4. The van der Waals surface area contributed by atoms with Gasteiger partial charge in [0.2, 0.25) is 0 Å². The molecule has 2 rings (SSSR count). The molecule has 2 nitrogen and oxygen atoms in total. The highest BCUT2D eigenvalue weighted by molar-refractivity contribution is 9.10. The van der Waals surface area contributed by atoms with Crippen molar-refractivity contribution in [3.05, 3.63) is 34.1 Å². The Kier molecular flexibility index (Phi) is 4.64. The first-order valence-electron chi connectivity index (χ1n) is 6.83. The van der Waals surface area contributed by atoms with Crippen LogP contribution in [0.1, 0.15) is 38.7 Å². The molecule has 2 atom stereocenters. The zero-order valence-corrected chi connectivity index (χ0v) is 13.1. The van der Waals surface area contributed by atoms with Crippen molar-refractivity contribution in [1.82, 2.24) is 5.43 Å². The van der Waals surface area contributed by atoms with Crippen molar-refractivity contribution in [2.45, 2.75) is 45.6 Å². The van der Waals surface area contributed by atoms with E-state index in [0.717, 1.165) is 16.5 Å². The molecule has 1 fully saturated rings. The first-order chi connectivity index (χ1) is 8.92. The maximum Gasteiger partial charge on any atom is 0.124 e. The van der Waals surface area contributed by atoms with Gasteiger partial charge in [-0.1, -0.05) is 36.2 Å². The number of nitrogens with two attached hydrogens (primary N) is 1. The zero-order chi connectivity index (χ0) is 14.0. The predicted molar refractivity (Wildman–Crippen MR) is 80.0 cm³/mol.